The first-order valence-corrected chi connectivity index (χ1v) is 10.7. The zero-order chi connectivity index (χ0) is 23.2. The van der Waals surface area contributed by atoms with Crippen molar-refractivity contribution in [2.75, 3.05) is 7.11 Å². The van der Waals surface area contributed by atoms with Crippen LogP contribution in [0, 0.1) is 12.7 Å². The summed E-state index contributed by atoms with van der Waals surface area (Å²) in [6.07, 6.45) is 5.32. The van der Waals surface area contributed by atoms with Gasteiger partial charge in [0.15, 0.2) is 5.82 Å². The Balaban J connectivity index is 1.51. The first kappa shape index (κ1) is 20.0. The number of hydrogen-bond acceptors (Lipinski definition) is 5. The number of imidazole rings is 1. The molecule has 6 rings (SSSR count). The van der Waals surface area contributed by atoms with E-state index in [1.165, 1.54) is 19.2 Å². The van der Waals surface area contributed by atoms with Crippen LogP contribution in [0.2, 0.25) is 0 Å². The fourth-order valence-corrected chi connectivity index (χ4v) is 4.20. The zero-order valence-corrected chi connectivity index (χ0v) is 18.4. The Labute approximate surface area is 193 Å². The molecule has 2 N–H and O–H groups in total. The zero-order valence-electron chi connectivity index (χ0n) is 18.4. The van der Waals surface area contributed by atoms with Gasteiger partial charge in [-0.1, -0.05) is 6.07 Å². The van der Waals surface area contributed by atoms with E-state index in [4.69, 9.17) is 9.72 Å². The molecule has 0 amide bonds. The second kappa shape index (κ2) is 7.77. The summed E-state index contributed by atoms with van der Waals surface area (Å²) in [5.74, 6) is 0.612. The molecule has 0 saturated carbocycles. The number of aromatic nitrogens is 6. The van der Waals surface area contributed by atoms with E-state index in [-0.39, 0.29) is 0 Å². The lowest BCUT2D eigenvalue weighted by molar-refractivity contribution is 0.411. The standard InChI is InChI=1S/C26H19FN6O/c1-14-5-7-28-13-20(14)15-3-4-21-19(11-15)24(33-32-21)26-30-22-6-8-29-23(25(22)31-26)16-9-17(27)12-18(10-16)34-2/h3-13H,1-2H3,(H,30,31)(H,32,33). The van der Waals surface area contributed by atoms with Crippen molar-refractivity contribution in [3.05, 3.63) is 78.5 Å². The Morgan fingerprint density at radius 2 is 1.82 bits per heavy atom. The number of H-pyrrole nitrogens is 2. The molecule has 8 heteroatoms. The minimum atomic E-state index is -0.402. The van der Waals surface area contributed by atoms with Crippen molar-refractivity contribution in [3.63, 3.8) is 0 Å². The third kappa shape index (κ3) is 3.27. The van der Waals surface area contributed by atoms with Crippen molar-refractivity contribution in [1.29, 1.82) is 0 Å². The SMILES string of the molecule is COc1cc(F)cc(-c2nccc3[nH]c(-c4n[nH]c5ccc(-c6cnccc6C)cc45)nc23)c1. The Morgan fingerprint density at radius 1 is 0.912 bits per heavy atom. The molecule has 4 aromatic heterocycles. The van der Waals surface area contributed by atoms with Gasteiger partial charge in [-0.15, -0.1) is 0 Å². The van der Waals surface area contributed by atoms with Crippen molar-refractivity contribution in [3.8, 4) is 39.7 Å². The first-order valence-electron chi connectivity index (χ1n) is 10.7. The van der Waals surface area contributed by atoms with Gasteiger partial charge in [-0.3, -0.25) is 15.1 Å². The number of hydrogen-bond donors (Lipinski definition) is 2. The van der Waals surface area contributed by atoms with Crippen LogP contribution in [0.5, 0.6) is 5.75 Å². The van der Waals surface area contributed by atoms with Gasteiger partial charge in [-0.05, 0) is 54.4 Å². The minimum Gasteiger partial charge on any atom is -0.497 e. The summed E-state index contributed by atoms with van der Waals surface area (Å²) in [5, 5.41) is 8.55. The Bertz CT molecular complexity index is 1690. The van der Waals surface area contributed by atoms with Crippen LogP contribution in [0.15, 0.2) is 67.1 Å². The quantitative estimate of drug-likeness (QED) is 0.360. The number of nitrogens with one attached hydrogen (secondary N) is 2. The number of rotatable bonds is 4. The average Bonchev–Trinajstić information content (AvgIpc) is 3.47. The van der Waals surface area contributed by atoms with Gasteiger partial charge in [0, 0.05) is 41.2 Å². The molecule has 0 fully saturated rings. The predicted octanol–water partition coefficient (Wildman–Crippen LogP) is 5.69. The number of ether oxygens (including phenoxy) is 1. The molecule has 4 heterocycles. The summed E-state index contributed by atoms with van der Waals surface area (Å²) >= 11 is 0. The number of halogens is 1. The number of aryl methyl sites for hydroxylation is 1. The maximum absolute atomic E-state index is 14.2. The summed E-state index contributed by atoms with van der Waals surface area (Å²) in [7, 11) is 1.50. The summed E-state index contributed by atoms with van der Waals surface area (Å²) in [6, 6.07) is 14.5. The lowest BCUT2D eigenvalue weighted by Crippen LogP contribution is -1.90. The second-order valence-electron chi connectivity index (χ2n) is 8.04. The fourth-order valence-electron chi connectivity index (χ4n) is 4.20. The highest BCUT2D eigenvalue weighted by Gasteiger charge is 2.17. The third-order valence-electron chi connectivity index (χ3n) is 5.92. The van der Waals surface area contributed by atoms with Gasteiger partial charge >= 0.3 is 0 Å². The monoisotopic (exact) mass is 450 g/mol. The molecule has 6 aromatic rings. The third-order valence-corrected chi connectivity index (χ3v) is 5.92. The van der Waals surface area contributed by atoms with E-state index in [1.54, 1.807) is 18.5 Å². The maximum atomic E-state index is 14.2. The van der Waals surface area contributed by atoms with Gasteiger partial charge in [0.05, 0.1) is 23.8 Å². The number of fused-ring (bicyclic) bond motifs is 2. The molecule has 0 spiro atoms. The normalized spacial score (nSPS) is 11.4. The molecule has 0 unspecified atom stereocenters. The van der Waals surface area contributed by atoms with E-state index in [1.807, 2.05) is 30.5 Å². The molecule has 0 bridgehead atoms. The highest BCUT2D eigenvalue weighted by atomic mass is 19.1. The molecule has 0 aliphatic carbocycles. The number of methoxy groups -OCH3 is 1. The van der Waals surface area contributed by atoms with Crippen molar-refractivity contribution in [2.45, 2.75) is 6.92 Å². The van der Waals surface area contributed by atoms with Gasteiger partial charge < -0.3 is 9.72 Å². The van der Waals surface area contributed by atoms with Crippen LogP contribution in [-0.4, -0.2) is 37.2 Å². The molecular weight excluding hydrogens is 431 g/mol. The first-order chi connectivity index (χ1) is 16.6. The van der Waals surface area contributed by atoms with Crippen LogP contribution in [-0.2, 0) is 0 Å². The lowest BCUT2D eigenvalue weighted by Gasteiger charge is -2.05. The van der Waals surface area contributed by atoms with Crippen LogP contribution in [0.4, 0.5) is 4.39 Å². The molecule has 166 valence electrons. The minimum absolute atomic E-state index is 0.402. The van der Waals surface area contributed by atoms with Gasteiger partial charge in [0.1, 0.15) is 22.8 Å². The van der Waals surface area contributed by atoms with E-state index in [0.717, 1.165) is 33.1 Å². The van der Waals surface area contributed by atoms with Gasteiger partial charge in [0.25, 0.3) is 0 Å². The van der Waals surface area contributed by atoms with E-state index in [2.05, 4.69) is 38.1 Å². The van der Waals surface area contributed by atoms with Gasteiger partial charge in [-0.25, -0.2) is 9.37 Å². The Morgan fingerprint density at radius 3 is 2.68 bits per heavy atom. The Hall–Kier alpha value is -4.59. The largest absolute Gasteiger partial charge is 0.497 e. The molecule has 0 aliphatic rings. The average molecular weight is 450 g/mol. The molecular formula is C26H19FN6O. The van der Waals surface area contributed by atoms with E-state index in [0.29, 0.717) is 34.0 Å². The molecule has 34 heavy (non-hydrogen) atoms. The number of benzene rings is 2. The van der Waals surface area contributed by atoms with Crippen LogP contribution < -0.4 is 4.74 Å². The fraction of sp³-hybridized carbons (Fsp3) is 0.0769. The summed E-state index contributed by atoms with van der Waals surface area (Å²) in [5.41, 5.74) is 7.39. The summed E-state index contributed by atoms with van der Waals surface area (Å²) in [4.78, 5) is 16.9. The van der Waals surface area contributed by atoms with Crippen molar-refractivity contribution in [1.82, 2.24) is 30.1 Å². The molecule has 2 aromatic carbocycles. The van der Waals surface area contributed by atoms with Crippen molar-refractivity contribution >= 4 is 21.9 Å². The number of nitrogens with zero attached hydrogens (tertiary/aromatic N) is 4. The summed E-state index contributed by atoms with van der Waals surface area (Å²) in [6.45, 7) is 2.06. The Kier molecular flexibility index (Phi) is 4.58. The van der Waals surface area contributed by atoms with E-state index >= 15 is 0 Å². The molecule has 0 atom stereocenters. The van der Waals surface area contributed by atoms with E-state index in [9.17, 15) is 4.39 Å². The molecule has 0 aliphatic heterocycles. The van der Waals surface area contributed by atoms with Crippen LogP contribution in [0.25, 0.3) is 55.8 Å². The molecule has 7 nitrogen and oxygen atoms in total. The van der Waals surface area contributed by atoms with Gasteiger partial charge in [-0.2, -0.15) is 5.10 Å². The number of aromatic amines is 2. The molecule has 0 saturated heterocycles. The smallest absolute Gasteiger partial charge is 0.159 e. The van der Waals surface area contributed by atoms with Crippen LogP contribution in [0.1, 0.15) is 5.56 Å². The summed E-state index contributed by atoms with van der Waals surface area (Å²) < 4.78 is 19.4. The van der Waals surface area contributed by atoms with Gasteiger partial charge in [0.2, 0.25) is 0 Å². The maximum Gasteiger partial charge on any atom is 0.159 e. The second-order valence-corrected chi connectivity index (χ2v) is 8.04. The number of pyridine rings is 2. The highest BCUT2D eigenvalue weighted by molar-refractivity contribution is 5.97. The highest BCUT2D eigenvalue weighted by Crippen LogP contribution is 2.33. The van der Waals surface area contributed by atoms with E-state index < -0.39 is 5.82 Å². The van der Waals surface area contributed by atoms with Crippen LogP contribution in [0.3, 0.4) is 0 Å². The van der Waals surface area contributed by atoms with Crippen molar-refractivity contribution in [2.24, 2.45) is 0 Å². The van der Waals surface area contributed by atoms with Crippen LogP contribution >= 0.6 is 0 Å². The molecule has 0 radical (unpaired) electrons. The lowest BCUT2D eigenvalue weighted by atomic mass is 10.0. The van der Waals surface area contributed by atoms with Crippen molar-refractivity contribution < 1.29 is 9.13 Å². The topological polar surface area (TPSA) is 92.4 Å². The predicted molar refractivity (Wildman–Crippen MR) is 129 cm³/mol.